The standard InChI is InChI=1S/C24H31N5O4S/c1-3-12-25-23(31)18-8-6-13-29(15-18)20-10-11-22(28-27-20)34-16-21(30)26-19-9-5-7-17(14-19)24(32)33-4-2/h5,7,9-11,14,18H,3-4,6,8,12-13,15-16H2,1-2H3,(H,25,31)(H,26,30)/t18-/m0/s1. The lowest BCUT2D eigenvalue weighted by Gasteiger charge is -2.32. The molecule has 0 saturated carbocycles. The Bertz CT molecular complexity index is 986. The van der Waals surface area contributed by atoms with E-state index in [0.29, 0.717) is 36.0 Å². The normalized spacial score (nSPS) is 15.5. The van der Waals surface area contributed by atoms with Crippen LogP contribution in [0.4, 0.5) is 11.5 Å². The highest BCUT2D eigenvalue weighted by Crippen LogP contribution is 2.23. The predicted molar refractivity (Wildman–Crippen MR) is 132 cm³/mol. The number of hydrogen-bond acceptors (Lipinski definition) is 8. The molecule has 0 spiro atoms. The van der Waals surface area contributed by atoms with Crippen molar-refractivity contribution in [2.45, 2.75) is 38.1 Å². The van der Waals surface area contributed by atoms with Gasteiger partial charge in [-0.05, 0) is 56.5 Å². The molecule has 1 aromatic carbocycles. The summed E-state index contributed by atoms with van der Waals surface area (Å²) in [4.78, 5) is 38.6. The van der Waals surface area contributed by atoms with Gasteiger partial charge in [-0.25, -0.2) is 4.79 Å². The third kappa shape index (κ3) is 7.44. The summed E-state index contributed by atoms with van der Waals surface area (Å²) in [6.45, 7) is 6.24. The van der Waals surface area contributed by atoms with E-state index in [1.165, 1.54) is 11.8 Å². The van der Waals surface area contributed by atoms with Crippen LogP contribution in [0.25, 0.3) is 0 Å². The highest BCUT2D eigenvalue weighted by molar-refractivity contribution is 7.99. The number of aromatic nitrogens is 2. The maximum absolute atomic E-state index is 12.3. The molecule has 0 unspecified atom stereocenters. The van der Waals surface area contributed by atoms with Gasteiger partial charge in [0.05, 0.1) is 23.8 Å². The molecule has 0 radical (unpaired) electrons. The molecule has 2 heterocycles. The van der Waals surface area contributed by atoms with Crippen molar-refractivity contribution >= 4 is 41.1 Å². The first-order valence-electron chi connectivity index (χ1n) is 11.6. The molecular formula is C24H31N5O4S. The van der Waals surface area contributed by atoms with E-state index in [2.05, 4.69) is 25.7 Å². The molecule has 10 heteroatoms. The molecule has 34 heavy (non-hydrogen) atoms. The maximum atomic E-state index is 12.3. The van der Waals surface area contributed by atoms with Gasteiger partial charge in [0, 0.05) is 25.3 Å². The summed E-state index contributed by atoms with van der Waals surface area (Å²) in [7, 11) is 0. The Morgan fingerprint density at radius 2 is 2.03 bits per heavy atom. The third-order valence-electron chi connectivity index (χ3n) is 5.30. The molecule has 1 aliphatic heterocycles. The Morgan fingerprint density at radius 3 is 2.76 bits per heavy atom. The number of esters is 1. The van der Waals surface area contributed by atoms with Gasteiger partial charge in [-0.2, -0.15) is 0 Å². The van der Waals surface area contributed by atoms with Crippen molar-refractivity contribution in [2.75, 3.05) is 42.2 Å². The maximum Gasteiger partial charge on any atom is 0.338 e. The summed E-state index contributed by atoms with van der Waals surface area (Å²) in [5, 5.41) is 14.9. The van der Waals surface area contributed by atoms with Crippen LogP contribution in [0, 0.1) is 5.92 Å². The van der Waals surface area contributed by atoms with Crippen LogP contribution in [-0.2, 0) is 14.3 Å². The molecule has 2 aromatic rings. The molecule has 2 N–H and O–H groups in total. The Hall–Kier alpha value is -3.14. The Morgan fingerprint density at radius 1 is 1.18 bits per heavy atom. The lowest BCUT2D eigenvalue weighted by atomic mass is 9.97. The number of amides is 2. The van der Waals surface area contributed by atoms with E-state index in [4.69, 9.17) is 4.74 Å². The number of nitrogens with zero attached hydrogens (tertiary/aromatic N) is 3. The molecule has 3 rings (SSSR count). The summed E-state index contributed by atoms with van der Waals surface area (Å²) in [5.41, 5.74) is 0.914. The largest absolute Gasteiger partial charge is 0.462 e. The average molecular weight is 486 g/mol. The van der Waals surface area contributed by atoms with Gasteiger partial charge in [0.15, 0.2) is 5.82 Å². The first kappa shape index (κ1) is 25.5. The highest BCUT2D eigenvalue weighted by atomic mass is 32.2. The number of anilines is 2. The number of carbonyl (C=O) groups excluding carboxylic acids is 3. The number of ether oxygens (including phenoxy) is 1. The first-order chi connectivity index (χ1) is 16.5. The van der Waals surface area contributed by atoms with E-state index in [9.17, 15) is 14.4 Å². The SMILES string of the molecule is CCCNC(=O)[C@H]1CCCN(c2ccc(SCC(=O)Nc3cccc(C(=O)OCC)c3)nn2)C1. The molecule has 1 atom stereocenters. The van der Waals surface area contributed by atoms with Crippen LogP contribution in [0.5, 0.6) is 0 Å². The van der Waals surface area contributed by atoms with Crippen LogP contribution < -0.4 is 15.5 Å². The third-order valence-corrected chi connectivity index (χ3v) is 6.22. The fraction of sp³-hybridized carbons (Fsp3) is 0.458. The van der Waals surface area contributed by atoms with Crippen molar-refractivity contribution in [1.29, 1.82) is 0 Å². The Labute approximate surface area is 204 Å². The number of carbonyl (C=O) groups is 3. The second kappa shape index (κ2) is 12.9. The van der Waals surface area contributed by atoms with E-state index in [1.54, 1.807) is 31.2 Å². The summed E-state index contributed by atoms with van der Waals surface area (Å²) < 4.78 is 4.99. The molecule has 182 valence electrons. The van der Waals surface area contributed by atoms with Crippen LogP contribution in [0.3, 0.4) is 0 Å². The molecule has 9 nitrogen and oxygen atoms in total. The second-order valence-electron chi connectivity index (χ2n) is 7.94. The number of rotatable bonds is 10. The zero-order valence-electron chi connectivity index (χ0n) is 19.6. The van der Waals surface area contributed by atoms with Gasteiger partial charge in [-0.15, -0.1) is 10.2 Å². The summed E-state index contributed by atoms with van der Waals surface area (Å²) in [6.07, 6.45) is 2.73. The van der Waals surface area contributed by atoms with E-state index >= 15 is 0 Å². The van der Waals surface area contributed by atoms with E-state index in [-0.39, 0.29) is 23.5 Å². The Kier molecular flexibility index (Phi) is 9.69. The van der Waals surface area contributed by atoms with Crippen LogP contribution in [0.2, 0.25) is 0 Å². The molecule has 1 aliphatic rings. The summed E-state index contributed by atoms with van der Waals surface area (Å²) >= 11 is 1.28. The predicted octanol–water partition coefficient (Wildman–Crippen LogP) is 3.13. The van der Waals surface area contributed by atoms with E-state index < -0.39 is 5.97 Å². The van der Waals surface area contributed by atoms with Crippen molar-refractivity contribution in [3.05, 3.63) is 42.0 Å². The average Bonchev–Trinajstić information content (AvgIpc) is 2.86. The van der Waals surface area contributed by atoms with Crippen LogP contribution in [-0.4, -0.2) is 60.0 Å². The van der Waals surface area contributed by atoms with Crippen molar-refractivity contribution in [1.82, 2.24) is 15.5 Å². The molecule has 0 aliphatic carbocycles. The van der Waals surface area contributed by atoms with Gasteiger partial charge >= 0.3 is 5.97 Å². The van der Waals surface area contributed by atoms with Crippen LogP contribution >= 0.6 is 11.8 Å². The van der Waals surface area contributed by atoms with Gasteiger partial charge in [0.2, 0.25) is 11.8 Å². The number of hydrogen-bond donors (Lipinski definition) is 2. The summed E-state index contributed by atoms with van der Waals surface area (Å²) in [5.74, 6) is 0.310. The lowest BCUT2D eigenvalue weighted by Crippen LogP contribution is -2.43. The lowest BCUT2D eigenvalue weighted by molar-refractivity contribution is -0.125. The van der Waals surface area contributed by atoms with Crippen molar-refractivity contribution in [3.63, 3.8) is 0 Å². The smallest absolute Gasteiger partial charge is 0.338 e. The second-order valence-corrected chi connectivity index (χ2v) is 8.94. The highest BCUT2D eigenvalue weighted by Gasteiger charge is 2.26. The van der Waals surface area contributed by atoms with Gasteiger partial charge in [-0.1, -0.05) is 24.8 Å². The fourth-order valence-corrected chi connectivity index (χ4v) is 4.24. The topological polar surface area (TPSA) is 114 Å². The minimum Gasteiger partial charge on any atom is -0.462 e. The molecule has 1 saturated heterocycles. The number of nitrogens with one attached hydrogen (secondary N) is 2. The van der Waals surface area contributed by atoms with E-state index in [1.807, 2.05) is 19.1 Å². The minimum atomic E-state index is -0.426. The number of benzene rings is 1. The van der Waals surface area contributed by atoms with Gasteiger partial charge in [0.1, 0.15) is 5.03 Å². The van der Waals surface area contributed by atoms with Gasteiger partial charge in [0.25, 0.3) is 0 Å². The molecule has 1 aromatic heterocycles. The monoisotopic (exact) mass is 485 g/mol. The minimum absolute atomic E-state index is 0.0396. The van der Waals surface area contributed by atoms with Crippen LogP contribution in [0.15, 0.2) is 41.4 Å². The van der Waals surface area contributed by atoms with Gasteiger partial charge in [-0.3, -0.25) is 9.59 Å². The molecule has 1 fully saturated rings. The van der Waals surface area contributed by atoms with Gasteiger partial charge < -0.3 is 20.3 Å². The Balaban J connectivity index is 1.49. The van der Waals surface area contributed by atoms with Crippen molar-refractivity contribution in [3.8, 4) is 0 Å². The first-order valence-corrected chi connectivity index (χ1v) is 12.5. The van der Waals surface area contributed by atoms with E-state index in [0.717, 1.165) is 31.6 Å². The zero-order valence-corrected chi connectivity index (χ0v) is 20.4. The molecule has 0 bridgehead atoms. The quantitative estimate of drug-likeness (QED) is 0.390. The number of thioether (sulfide) groups is 1. The fourth-order valence-electron chi connectivity index (χ4n) is 3.63. The molecule has 2 amide bonds. The summed E-state index contributed by atoms with van der Waals surface area (Å²) in [6, 6.07) is 10.3. The van der Waals surface area contributed by atoms with Crippen molar-refractivity contribution in [2.24, 2.45) is 5.92 Å². The zero-order chi connectivity index (χ0) is 24.3. The number of piperidine rings is 1. The van der Waals surface area contributed by atoms with Crippen LogP contribution in [0.1, 0.15) is 43.5 Å². The van der Waals surface area contributed by atoms with Crippen molar-refractivity contribution < 1.29 is 19.1 Å². The molecular weight excluding hydrogens is 454 g/mol.